The van der Waals surface area contributed by atoms with E-state index in [-0.39, 0.29) is 19.1 Å². The Kier molecular flexibility index (Phi) is 4.51. The van der Waals surface area contributed by atoms with Crippen LogP contribution in [0.2, 0.25) is 0 Å². The number of nitrogens with two attached hydrogens (primary N) is 1. The van der Waals surface area contributed by atoms with Crippen LogP contribution in [0.1, 0.15) is 12.8 Å². The van der Waals surface area contributed by atoms with Crippen LogP contribution in [-0.4, -0.2) is 58.9 Å². The molecular weight excluding hydrogens is 214 g/mol. The van der Waals surface area contributed by atoms with E-state index in [4.69, 9.17) is 15.9 Å². The van der Waals surface area contributed by atoms with E-state index in [1.165, 1.54) is 4.90 Å². The van der Waals surface area contributed by atoms with Gasteiger partial charge in [-0.3, -0.25) is 0 Å². The van der Waals surface area contributed by atoms with Crippen molar-refractivity contribution in [2.75, 3.05) is 19.7 Å². The van der Waals surface area contributed by atoms with Crippen LogP contribution in [0.15, 0.2) is 0 Å². The van der Waals surface area contributed by atoms with Crippen molar-refractivity contribution in [3.8, 4) is 0 Å². The summed E-state index contributed by atoms with van der Waals surface area (Å²) in [5.41, 5.74) is 5.63. The van der Waals surface area contributed by atoms with Gasteiger partial charge in [-0.25, -0.2) is 9.59 Å². The Morgan fingerprint density at radius 2 is 2.25 bits per heavy atom. The number of aliphatic carboxylic acids is 1. The van der Waals surface area contributed by atoms with Crippen molar-refractivity contribution in [3.63, 3.8) is 0 Å². The Morgan fingerprint density at radius 1 is 1.56 bits per heavy atom. The number of carbonyl (C=O) groups excluding carboxylic acids is 1. The van der Waals surface area contributed by atoms with Gasteiger partial charge in [0.1, 0.15) is 6.04 Å². The number of aliphatic hydroxyl groups is 1. The summed E-state index contributed by atoms with van der Waals surface area (Å²) in [6.45, 7) is 0.701. The number of aliphatic hydroxyl groups excluding tert-OH is 1. The van der Waals surface area contributed by atoms with Crippen LogP contribution < -0.4 is 11.1 Å². The Balaban J connectivity index is 2.45. The quantitative estimate of drug-likeness (QED) is 0.473. The number of hydrogen-bond acceptors (Lipinski definition) is 4. The maximum Gasteiger partial charge on any atom is 0.326 e. The van der Waals surface area contributed by atoms with E-state index >= 15 is 0 Å². The topological polar surface area (TPSA) is 116 Å². The highest BCUT2D eigenvalue weighted by atomic mass is 16.4. The highest BCUT2D eigenvalue weighted by Crippen LogP contribution is 2.07. The average molecular weight is 231 g/mol. The minimum atomic E-state index is -1.15. The Hall–Kier alpha value is -1.34. The number of carboxylic acids is 1. The van der Waals surface area contributed by atoms with Gasteiger partial charge in [0.25, 0.3) is 0 Å². The number of carboxylic acid groups (broad SMARTS) is 1. The lowest BCUT2D eigenvalue weighted by Crippen LogP contribution is -2.48. The van der Waals surface area contributed by atoms with Gasteiger partial charge in [0.2, 0.25) is 0 Å². The van der Waals surface area contributed by atoms with Gasteiger partial charge in [-0.15, -0.1) is 0 Å². The molecule has 2 unspecified atom stereocenters. The molecule has 1 fully saturated rings. The minimum absolute atomic E-state index is 0.000959. The van der Waals surface area contributed by atoms with Gasteiger partial charge in [0, 0.05) is 32.2 Å². The molecule has 0 spiro atoms. The zero-order valence-electron chi connectivity index (χ0n) is 8.93. The first-order chi connectivity index (χ1) is 7.54. The SMILES string of the molecule is NC1CCN(C(=O)NC(CCO)C(=O)O)C1. The fourth-order valence-corrected chi connectivity index (χ4v) is 1.60. The lowest BCUT2D eigenvalue weighted by Gasteiger charge is -2.20. The second-order valence-electron chi connectivity index (χ2n) is 3.85. The second kappa shape index (κ2) is 5.66. The van der Waals surface area contributed by atoms with Crippen LogP contribution in [0, 0.1) is 0 Å². The summed E-state index contributed by atoms with van der Waals surface area (Å²) in [5.74, 6) is -1.15. The second-order valence-corrected chi connectivity index (χ2v) is 3.85. The highest BCUT2D eigenvalue weighted by molar-refractivity contribution is 5.82. The van der Waals surface area contributed by atoms with E-state index in [0.29, 0.717) is 13.1 Å². The molecule has 0 aromatic carbocycles. The first kappa shape index (κ1) is 12.7. The van der Waals surface area contributed by atoms with Gasteiger partial charge >= 0.3 is 12.0 Å². The first-order valence-corrected chi connectivity index (χ1v) is 5.19. The third kappa shape index (κ3) is 3.35. The first-order valence-electron chi connectivity index (χ1n) is 5.19. The van der Waals surface area contributed by atoms with Crippen LogP contribution in [0.3, 0.4) is 0 Å². The van der Waals surface area contributed by atoms with Crippen LogP contribution in [0.4, 0.5) is 4.79 Å². The lowest BCUT2D eigenvalue weighted by molar-refractivity contribution is -0.139. The zero-order chi connectivity index (χ0) is 12.1. The number of rotatable bonds is 4. The molecule has 0 aromatic heterocycles. The average Bonchev–Trinajstić information content (AvgIpc) is 2.64. The predicted molar refractivity (Wildman–Crippen MR) is 55.8 cm³/mol. The van der Waals surface area contributed by atoms with E-state index in [0.717, 1.165) is 6.42 Å². The van der Waals surface area contributed by atoms with Gasteiger partial charge in [0.15, 0.2) is 0 Å². The summed E-state index contributed by atoms with van der Waals surface area (Å²) in [4.78, 5) is 23.8. The molecule has 2 atom stereocenters. The number of likely N-dealkylation sites (tertiary alicyclic amines) is 1. The largest absolute Gasteiger partial charge is 0.480 e. The summed E-state index contributed by atoms with van der Waals surface area (Å²) in [5, 5.41) is 19.8. The summed E-state index contributed by atoms with van der Waals surface area (Å²) >= 11 is 0. The molecule has 0 radical (unpaired) electrons. The van der Waals surface area contributed by atoms with Crippen molar-refractivity contribution in [3.05, 3.63) is 0 Å². The molecule has 1 rings (SSSR count). The molecule has 16 heavy (non-hydrogen) atoms. The highest BCUT2D eigenvalue weighted by Gasteiger charge is 2.27. The summed E-state index contributed by atoms with van der Waals surface area (Å²) in [6.07, 6.45) is 0.728. The third-order valence-corrected chi connectivity index (χ3v) is 2.53. The fraction of sp³-hybridized carbons (Fsp3) is 0.778. The van der Waals surface area contributed by atoms with Crippen molar-refractivity contribution >= 4 is 12.0 Å². The molecule has 7 nitrogen and oxygen atoms in total. The van der Waals surface area contributed by atoms with E-state index in [1.54, 1.807) is 0 Å². The molecule has 92 valence electrons. The van der Waals surface area contributed by atoms with Gasteiger partial charge in [-0.1, -0.05) is 0 Å². The molecule has 0 saturated carbocycles. The molecule has 0 aliphatic carbocycles. The molecule has 1 aliphatic heterocycles. The van der Waals surface area contributed by atoms with Gasteiger partial charge in [-0.2, -0.15) is 0 Å². The van der Waals surface area contributed by atoms with Gasteiger partial charge in [-0.05, 0) is 6.42 Å². The van der Waals surface area contributed by atoms with Crippen molar-refractivity contribution in [2.24, 2.45) is 5.73 Å². The Labute approximate surface area is 93.2 Å². The molecule has 0 bridgehead atoms. The van der Waals surface area contributed by atoms with Crippen LogP contribution in [0.25, 0.3) is 0 Å². The van der Waals surface area contributed by atoms with Crippen LogP contribution >= 0.6 is 0 Å². The normalized spacial score (nSPS) is 21.9. The number of nitrogens with zero attached hydrogens (tertiary/aromatic N) is 1. The van der Waals surface area contributed by atoms with Gasteiger partial charge in [0.05, 0.1) is 0 Å². The zero-order valence-corrected chi connectivity index (χ0v) is 8.93. The smallest absolute Gasteiger partial charge is 0.326 e. The van der Waals surface area contributed by atoms with E-state index < -0.39 is 18.0 Å². The van der Waals surface area contributed by atoms with Crippen molar-refractivity contribution in [2.45, 2.75) is 24.9 Å². The number of amides is 2. The molecule has 1 aliphatic rings. The molecule has 1 saturated heterocycles. The minimum Gasteiger partial charge on any atom is -0.480 e. The van der Waals surface area contributed by atoms with Gasteiger partial charge < -0.3 is 26.2 Å². The van der Waals surface area contributed by atoms with E-state index in [1.807, 2.05) is 0 Å². The van der Waals surface area contributed by atoms with Crippen LogP contribution in [-0.2, 0) is 4.79 Å². The molecule has 0 aromatic rings. The molecule has 5 N–H and O–H groups in total. The van der Waals surface area contributed by atoms with Crippen LogP contribution in [0.5, 0.6) is 0 Å². The van der Waals surface area contributed by atoms with Crippen molar-refractivity contribution in [1.29, 1.82) is 0 Å². The number of hydrogen-bond donors (Lipinski definition) is 4. The fourth-order valence-electron chi connectivity index (χ4n) is 1.60. The van der Waals surface area contributed by atoms with E-state index in [2.05, 4.69) is 5.32 Å². The molecular formula is C9H17N3O4. The maximum atomic E-state index is 11.6. The van der Waals surface area contributed by atoms with Crippen molar-refractivity contribution < 1.29 is 19.8 Å². The molecule has 1 heterocycles. The standard InChI is InChI=1S/C9H17N3O4/c10-6-1-3-12(5-6)9(16)11-7(2-4-13)8(14)15/h6-7,13H,1-5,10H2,(H,11,16)(H,14,15). The third-order valence-electron chi connectivity index (χ3n) is 2.53. The Morgan fingerprint density at radius 3 is 2.69 bits per heavy atom. The summed E-state index contributed by atoms with van der Waals surface area (Å²) < 4.78 is 0. The monoisotopic (exact) mass is 231 g/mol. The predicted octanol–water partition coefficient (Wildman–Crippen LogP) is -1.44. The number of carbonyl (C=O) groups is 2. The van der Waals surface area contributed by atoms with E-state index in [9.17, 15) is 9.59 Å². The number of nitrogens with one attached hydrogen (secondary N) is 1. The molecule has 7 heteroatoms. The number of urea groups is 1. The Bertz CT molecular complexity index is 271. The lowest BCUT2D eigenvalue weighted by atomic mass is 10.2. The molecule has 2 amide bonds. The summed E-state index contributed by atoms with van der Waals surface area (Å²) in [7, 11) is 0. The van der Waals surface area contributed by atoms with Crippen molar-refractivity contribution in [1.82, 2.24) is 10.2 Å². The summed E-state index contributed by atoms with van der Waals surface area (Å²) in [6, 6.07) is -1.52. The maximum absolute atomic E-state index is 11.6.